The smallest absolute Gasteiger partial charge is 0.0702 e. The molecule has 0 spiro atoms. The molecule has 0 saturated carbocycles. The first-order chi connectivity index (χ1) is 5.79. The number of hydrogen-bond acceptors (Lipinski definition) is 2. The number of aliphatic hydroxyl groups excluding tert-OH is 1. The average Bonchev–Trinajstić information content (AvgIpc) is 2.09. The Hall–Kier alpha value is -1.28. The third-order valence-corrected chi connectivity index (χ3v) is 1.82. The van der Waals surface area contributed by atoms with Crippen LogP contribution in [0.1, 0.15) is 11.1 Å². The first-order valence-corrected chi connectivity index (χ1v) is 3.87. The molecule has 1 rings (SSSR count). The lowest BCUT2D eigenvalue weighted by Crippen LogP contribution is -1.98. The fourth-order valence-electron chi connectivity index (χ4n) is 1.14. The van der Waals surface area contributed by atoms with Crippen molar-refractivity contribution in [3.05, 3.63) is 42.0 Å². The molecule has 0 radical (unpaired) electrons. The van der Waals surface area contributed by atoms with Crippen LogP contribution in [0.2, 0.25) is 0 Å². The molecule has 1 aromatic rings. The molecule has 3 N–H and O–H groups in total. The van der Waals surface area contributed by atoms with Crippen molar-refractivity contribution in [3.63, 3.8) is 0 Å². The van der Waals surface area contributed by atoms with E-state index < -0.39 is 0 Å². The standard InChI is InChI=1S/C10H13NO/c1-2-4-8-5-3-6-9(7-12)10(8)11/h2-3,5-6,12H,1,4,7,11H2. The van der Waals surface area contributed by atoms with Crippen molar-refractivity contribution in [2.24, 2.45) is 0 Å². The van der Waals surface area contributed by atoms with Gasteiger partial charge in [0.25, 0.3) is 0 Å². The maximum atomic E-state index is 8.91. The average molecular weight is 163 g/mol. The van der Waals surface area contributed by atoms with Gasteiger partial charge in [0.2, 0.25) is 0 Å². The third kappa shape index (κ3) is 1.66. The second kappa shape index (κ2) is 3.93. The molecule has 12 heavy (non-hydrogen) atoms. The molecular formula is C10H13NO. The van der Waals surface area contributed by atoms with Crippen molar-refractivity contribution in [2.45, 2.75) is 13.0 Å². The number of nitrogen functional groups attached to an aromatic ring is 1. The summed E-state index contributed by atoms with van der Waals surface area (Å²) in [6.45, 7) is 3.63. The Labute approximate surface area is 72.3 Å². The van der Waals surface area contributed by atoms with Crippen molar-refractivity contribution < 1.29 is 5.11 Å². The summed E-state index contributed by atoms with van der Waals surface area (Å²) in [6, 6.07) is 5.65. The number of para-hydroxylation sites is 1. The Kier molecular flexibility index (Phi) is 2.88. The van der Waals surface area contributed by atoms with Crippen LogP contribution in [0.3, 0.4) is 0 Å². The Morgan fingerprint density at radius 2 is 2.08 bits per heavy atom. The van der Waals surface area contributed by atoms with Gasteiger partial charge in [-0.1, -0.05) is 24.3 Å². The molecule has 0 bridgehead atoms. The molecular weight excluding hydrogens is 150 g/mol. The van der Waals surface area contributed by atoms with Crippen molar-refractivity contribution in [3.8, 4) is 0 Å². The quantitative estimate of drug-likeness (QED) is 0.524. The summed E-state index contributed by atoms with van der Waals surface area (Å²) in [5.74, 6) is 0. The SMILES string of the molecule is C=CCc1cccc(CO)c1N. The Morgan fingerprint density at radius 1 is 1.42 bits per heavy atom. The van der Waals surface area contributed by atoms with E-state index in [9.17, 15) is 0 Å². The molecule has 0 amide bonds. The molecule has 0 aliphatic rings. The van der Waals surface area contributed by atoms with E-state index in [2.05, 4.69) is 6.58 Å². The van der Waals surface area contributed by atoms with Gasteiger partial charge in [-0.3, -0.25) is 0 Å². The molecule has 2 heteroatoms. The van der Waals surface area contributed by atoms with E-state index in [0.717, 1.165) is 17.5 Å². The number of rotatable bonds is 3. The van der Waals surface area contributed by atoms with Crippen molar-refractivity contribution in [1.82, 2.24) is 0 Å². The van der Waals surface area contributed by atoms with Gasteiger partial charge < -0.3 is 10.8 Å². The molecule has 1 aromatic carbocycles. The maximum absolute atomic E-state index is 8.91. The highest BCUT2D eigenvalue weighted by atomic mass is 16.3. The molecule has 0 heterocycles. The first kappa shape index (κ1) is 8.81. The van der Waals surface area contributed by atoms with Crippen LogP contribution < -0.4 is 5.73 Å². The van der Waals surface area contributed by atoms with Crippen LogP contribution in [0.4, 0.5) is 5.69 Å². The number of allylic oxidation sites excluding steroid dienone is 1. The highest BCUT2D eigenvalue weighted by Crippen LogP contribution is 2.17. The summed E-state index contributed by atoms with van der Waals surface area (Å²) in [6.07, 6.45) is 2.55. The second-order valence-corrected chi connectivity index (χ2v) is 2.64. The molecule has 0 saturated heterocycles. The van der Waals surface area contributed by atoms with Crippen molar-refractivity contribution >= 4 is 5.69 Å². The number of nitrogens with two attached hydrogens (primary N) is 1. The summed E-state index contributed by atoms with van der Waals surface area (Å²) in [7, 11) is 0. The summed E-state index contributed by atoms with van der Waals surface area (Å²) < 4.78 is 0. The van der Waals surface area contributed by atoms with E-state index in [-0.39, 0.29) is 6.61 Å². The van der Waals surface area contributed by atoms with Gasteiger partial charge in [0.15, 0.2) is 0 Å². The van der Waals surface area contributed by atoms with Gasteiger partial charge in [-0.15, -0.1) is 6.58 Å². The molecule has 2 nitrogen and oxygen atoms in total. The lowest BCUT2D eigenvalue weighted by Gasteiger charge is -2.06. The Bertz CT molecular complexity index is 281. The van der Waals surface area contributed by atoms with Crippen LogP contribution in [0.15, 0.2) is 30.9 Å². The zero-order valence-electron chi connectivity index (χ0n) is 6.96. The summed E-state index contributed by atoms with van der Waals surface area (Å²) in [5, 5.41) is 8.91. The predicted octanol–water partition coefficient (Wildman–Crippen LogP) is 1.49. The highest BCUT2D eigenvalue weighted by Gasteiger charge is 2.01. The Balaban J connectivity index is 3.04. The van der Waals surface area contributed by atoms with Crippen LogP contribution in [-0.2, 0) is 13.0 Å². The topological polar surface area (TPSA) is 46.2 Å². The number of aliphatic hydroxyl groups is 1. The minimum Gasteiger partial charge on any atom is -0.398 e. The molecule has 0 aliphatic heterocycles. The number of anilines is 1. The molecule has 0 unspecified atom stereocenters. The minimum atomic E-state index is -0.00316. The second-order valence-electron chi connectivity index (χ2n) is 2.64. The summed E-state index contributed by atoms with van der Waals surface area (Å²) in [5.41, 5.74) is 8.26. The van der Waals surface area contributed by atoms with Crippen LogP contribution in [0.5, 0.6) is 0 Å². The van der Waals surface area contributed by atoms with Crippen LogP contribution in [0.25, 0.3) is 0 Å². The van der Waals surface area contributed by atoms with E-state index in [4.69, 9.17) is 10.8 Å². The van der Waals surface area contributed by atoms with E-state index in [1.165, 1.54) is 0 Å². The molecule has 0 aliphatic carbocycles. The van der Waals surface area contributed by atoms with Crippen molar-refractivity contribution in [2.75, 3.05) is 5.73 Å². The number of hydrogen-bond donors (Lipinski definition) is 2. The number of benzene rings is 1. The fourth-order valence-corrected chi connectivity index (χ4v) is 1.14. The molecule has 64 valence electrons. The lowest BCUT2D eigenvalue weighted by atomic mass is 10.1. The zero-order chi connectivity index (χ0) is 8.97. The van der Waals surface area contributed by atoms with Gasteiger partial charge in [-0.25, -0.2) is 0 Å². The van der Waals surface area contributed by atoms with E-state index in [1.54, 1.807) is 6.08 Å². The lowest BCUT2D eigenvalue weighted by molar-refractivity contribution is 0.282. The normalized spacial score (nSPS) is 9.75. The summed E-state index contributed by atoms with van der Waals surface area (Å²) >= 11 is 0. The van der Waals surface area contributed by atoms with Gasteiger partial charge in [0, 0.05) is 11.3 Å². The van der Waals surface area contributed by atoms with Crippen LogP contribution in [0, 0.1) is 0 Å². The zero-order valence-corrected chi connectivity index (χ0v) is 6.96. The largest absolute Gasteiger partial charge is 0.398 e. The Morgan fingerprint density at radius 3 is 2.67 bits per heavy atom. The first-order valence-electron chi connectivity index (χ1n) is 3.87. The van der Waals surface area contributed by atoms with Crippen LogP contribution >= 0.6 is 0 Å². The minimum absolute atomic E-state index is 0.00316. The third-order valence-electron chi connectivity index (χ3n) is 1.82. The van der Waals surface area contributed by atoms with Crippen molar-refractivity contribution in [1.29, 1.82) is 0 Å². The van der Waals surface area contributed by atoms with Gasteiger partial charge >= 0.3 is 0 Å². The van der Waals surface area contributed by atoms with Gasteiger partial charge in [0.05, 0.1) is 6.61 Å². The van der Waals surface area contributed by atoms with E-state index in [1.807, 2.05) is 18.2 Å². The van der Waals surface area contributed by atoms with E-state index >= 15 is 0 Å². The van der Waals surface area contributed by atoms with Gasteiger partial charge in [-0.2, -0.15) is 0 Å². The fraction of sp³-hybridized carbons (Fsp3) is 0.200. The predicted molar refractivity (Wildman–Crippen MR) is 50.7 cm³/mol. The highest BCUT2D eigenvalue weighted by molar-refractivity contribution is 5.54. The maximum Gasteiger partial charge on any atom is 0.0702 e. The molecule has 0 aromatic heterocycles. The molecule has 0 atom stereocenters. The monoisotopic (exact) mass is 163 g/mol. The van der Waals surface area contributed by atoms with Gasteiger partial charge in [-0.05, 0) is 12.0 Å². The van der Waals surface area contributed by atoms with E-state index in [0.29, 0.717) is 5.69 Å². The van der Waals surface area contributed by atoms with Crippen LogP contribution in [-0.4, -0.2) is 5.11 Å². The molecule has 0 fully saturated rings. The summed E-state index contributed by atoms with van der Waals surface area (Å²) in [4.78, 5) is 0. The van der Waals surface area contributed by atoms with Gasteiger partial charge in [0.1, 0.15) is 0 Å².